The summed E-state index contributed by atoms with van der Waals surface area (Å²) in [4.78, 5) is 18.8. The Kier molecular flexibility index (Phi) is 10.5. The van der Waals surface area contributed by atoms with E-state index in [-0.39, 0.29) is 17.4 Å². The number of benzene rings is 2. The van der Waals surface area contributed by atoms with Crippen molar-refractivity contribution in [1.82, 2.24) is 5.32 Å². The highest BCUT2D eigenvalue weighted by Gasteiger charge is 2.20. The average molecular weight is 488 g/mol. The van der Waals surface area contributed by atoms with Gasteiger partial charge in [0.15, 0.2) is 0 Å². The van der Waals surface area contributed by atoms with Crippen LogP contribution in [0.25, 0.3) is 0 Å². The molecule has 0 aromatic heterocycles. The number of halogens is 2. The van der Waals surface area contributed by atoms with Crippen molar-refractivity contribution in [3.05, 3.63) is 64.4 Å². The molecule has 31 heavy (non-hydrogen) atoms. The summed E-state index contributed by atoms with van der Waals surface area (Å²) >= 11 is 8.18. The van der Waals surface area contributed by atoms with Crippen molar-refractivity contribution in [3.8, 4) is 0 Å². The fourth-order valence-corrected chi connectivity index (χ4v) is 5.18. The molecular formula is C23H32ClFNO3PS. The van der Waals surface area contributed by atoms with E-state index in [1.54, 1.807) is 11.8 Å². The third kappa shape index (κ3) is 10.1. The molecule has 0 bridgehead atoms. The number of thioether (sulfide) groups is 1. The van der Waals surface area contributed by atoms with Gasteiger partial charge in [-0.15, -0.1) is 11.8 Å². The molecule has 8 heteroatoms. The average Bonchev–Trinajstić information content (AvgIpc) is 2.68. The fraction of sp³-hybridized carbons (Fsp3) is 0.478. The molecule has 0 aliphatic rings. The van der Waals surface area contributed by atoms with E-state index in [1.165, 1.54) is 12.1 Å². The topological polar surface area (TPSA) is 69.6 Å². The van der Waals surface area contributed by atoms with Crippen LogP contribution in [0.15, 0.2) is 47.4 Å². The van der Waals surface area contributed by atoms with Crippen LogP contribution in [-0.4, -0.2) is 28.2 Å². The minimum atomic E-state index is -3.91. The van der Waals surface area contributed by atoms with Crippen molar-refractivity contribution in [3.63, 3.8) is 0 Å². The largest absolute Gasteiger partial charge is 0.325 e. The standard InChI is InChI=1S/C23H32ClFNO3PS/c1-23(2,19-7-9-20(25)10-8-19)12-3-4-15-31-22-11-6-18(16-21(22)24)17-26-13-5-14-30(27,28)29/h6-11,16,26H,3-5,12-15,17H2,1-2H3,(H2,27,28,29). The highest BCUT2D eigenvalue weighted by molar-refractivity contribution is 7.99. The SMILES string of the molecule is CC(C)(CCCCSc1ccc(CNCCCP(=O)(O)O)cc1Cl)c1ccc(F)cc1. The highest BCUT2D eigenvalue weighted by atomic mass is 35.5. The van der Waals surface area contributed by atoms with Gasteiger partial charge in [0.2, 0.25) is 0 Å². The molecule has 0 fully saturated rings. The van der Waals surface area contributed by atoms with Crippen LogP contribution in [0, 0.1) is 5.82 Å². The van der Waals surface area contributed by atoms with E-state index in [9.17, 15) is 8.96 Å². The van der Waals surface area contributed by atoms with Crippen LogP contribution in [0.3, 0.4) is 0 Å². The Labute approximate surface area is 194 Å². The van der Waals surface area contributed by atoms with Gasteiger partial charge in [-0.3, -0.25) is 4.57 Å². The van der Waals surface area contributed by atoms with Crippen LogP contribution < -0.4 is 5.32 Å². The summed E-state index contributed by atoms with van der Waals surface area (Å²) in [7, 11) is -3.91. The van der Waals surface area contributed by atoms with Gasteiger partial charge < -0.3 is 15.1 Å². The molecular weight excluding hydrogens is 456 g/mol. The Hall–Kier alpha value is -0.880. The van der Waals surface area contributed by atoms with E-state index in [1.807, 2.05) is 30.3 Å². The van der Waals surface area contributed by atoms with Crippen LogP contribution in [0.2, 0.25) is 5.02 Å². The Morgan fingerprint density at radius 3 is 2.45 bits per heavy atom. The zero-order chi connectivity index (χ0) is 22.9. The van der Waals surface area contributed by atoms with Gasteiger partial charge in [-0.05, 0) is 72.4 Å². The molecule has 3 N–H and O–H groups in total. The lowest BCUT2D eigenvalue weighted by Gasteiger charge is -2.25. The second-order valence-electron chi connectivity index (χ2n) is 8.38. The van der Waals surface area contributed by atoms with Crippen LogP contribution >= 0.6 is 31.0 Å². The summed E-state index contributed by atoms with van der Waals surface area (Å²) < 4.78 is 24.0. The lowest BCUT2D eigenvalue weighted by molar-refractivity contribution is 0.371. The molecule has 2 rings (SSSR count). The molecule has 0 heterocycles. The van der Waals surface area contributed by atoms with Gasteiger partial charge >= 0.3 is 7.60 Å². The third-order valence-corrected chi connectivity index (χ3v) is 7.69. The Bertz CT molecular complexity index is 874. The molecule has 0 radical (unpaired) electrons. The Balaban J connectivity index is 1.69. The highest BCUT2D eigenvalue weighted by Crippen LogP contribution is 2.34. The number of unbranched alkanes of at least 4 members (excludes halogenated alkanes) is 1. The quantitative estimate of drug-likeness (QED) is 0.174. The van der Waals surface area contributed by atoms with E-state index in [0.29, 0.717) is 19.5 Å². The predicted molar refractivity (Wildman–Crippen MR) is 129 cm³/mol. The first-order chi connectivity index (χ1) is 14.6. The van der Waals surface area contributed by atoms with Crippen molar-refractivity contribution < 1.29 is 18.7 Å². The van der Waals surface area contributed by atoms with Crippen molar-refractivity contribution in [2.75, 3.05) is 18.5 Å². The number of nitrogens with one attached hydrogen (secondary N) is 1. The van der Waals surface area contributed by atoms with E-state index in [4.69, 9.17) is 21.4 Å². The molecule has 0 saturated heterocycles. The van der Waals surface area contributed by atoms with Gasteiger partial charge in [0.1, 0.15) is 5.82 Å². The summed E-state index contributed by atoms with van der Waals surface area (Å²) in [5.74, 6) is 0.786. The Morgan fingerprint density at radius 2 is 1.81 bits per heavy atom. The molecule has 0 saturated carbocycles. The summed E-state index contributed by atoms with van der Waals surface area (Å²) in [6.45, 7) is 5.56. The first-order valence-corrected chi connectivity index (χ1v) is 13.7. The summed E-state index contributed by atoms with van der Waals surface area (Å²) in [5.41, 5.74) is 2.23. The number of rotatable bonds is 13. The minimum Gasteiger partial charge on any atom is -0.324 e. The molecule has 2 aromatic carbocycles. The maximum absolute atomic E-state index is 13.1. The van der Waals surface area contributed by atoms with Gasteiger partial charge in [-0.2, -0.15) is 0 Å². The second kappa shape index (κ2) is 12.4. The lowest BCUT2D eigenvalue weighted by atomic mass is 9.80. The maximum atomic E-state index is 13.1. The molecule has 172 valence electrons. The van der Waals surface area contributed by atoms with Gasteiger partial charge in [-0.1, -0.05) is 50.1 Å². The molecule has 0 aliphatic carbocycles. The molecule has 0 amide bonds. The van der Waals surface area contributed by atoms with Crippen molar-refractivity contribution in [2.24, 2.45) is 0 Å². The monoisotopic (exact) mass is 487 g/mol. The molecule has 0 atom stereocenters. The lowest BCUT2D eigenvalue weighted by Crippen LogP contribution is -2.17. The first kappa shape index (κ1) is 26.4. The molecule has 4 nitrogen and oxygen atoms in total. The fourth-order valence-electron chi connectivity index (χ4n) is 3.31. The maximum Gasteiger partial charge on any atom is 0.325 e. The number of hydrogen-bond donors (Lipinski definition) is 3. The van der Waals surface area contributed by atoms with Crippen LogP contribution in [0.5, 0.6) is 0 Å². The predicted octanol–water partition coefficient (Wildman–Crippen LogP) is 6.38. The summed E-state index contributed by atoms with van der Waals surface area (Å²) in [6.07, 6.45) is 3.54. The molecule has 2 aromatic rings. The zero-order valence-corrected chi connectivity index (χ0v) is 20.6. The molecule has 0 aliphatic heterocycles. The Morgan fingerprint density at radius 1 is 1.10 bits per heavy atom. The normalized spacial score (nSPS) is 12.3. The van der Waals surface area contributed by atoms with Gasteiger partial charge in [0.25, 0.3) is 0 Å². The minimum absolute atomic E-state index is 0.0238. The molecule has 0 spiro atoms. The van der Waals surface area contributed by atoms with E-state index < -0.39 is 7.60 Å². The summed E-state index contributed by atoms with van der Waals surface area (Å²) in [5, 5.41) is 3.91. The van der Waals surface area contributed by atoms with Crippen LogP contribution in [0.4, 0.5) is 4.39 Å². The first-order valence-electron chi connectivity index (χ1n) is 10.5. The van der Waals surface area contributed by atoms with Gasteiger partial charge in [0.05, 0.1) is 11.2 Å². The summed E-state index contributed by atoms with van der Waals surface area (Å²) in [6, 6.07) is 12.8. The van der Waals surface area contributed by atoms with Crippen LogP contribution in [0.1, 0.15) is 50.7 Å². The van der Waals surface area contributed by atoms with Crippen molar-refractivity contribution in [2.45, 2.75) is 56.4 Å². The van der Waals surface area contributed by atoms with Crippen molar-refractivity contribution >= 4 is 31.0 Å². The smallest absolute Gasteiger partial charge is 0.324 e. The van der Waals surface area contributed by atoms with E-state index in [0.717, 1.165) is 46.1 Å². The second-order valence-corrected chi connectivity index (χ2v) is 11.7. The van der Waals surface area contributed by atoms with Crippen LogP contribution in [-0.2, 0) is 16.5 Å². The van der Waals surface area contributed by atoms with E-state index >= 15 is 0 Å². The van der Waals surface area contributed by atoms with Gasteiger partial charge in [-0.25, -0.2) is 4.39 Å². The van der Waals surface area contributed by atoms with E-state index in [2.05, 4.69) is 19.2 Å². The zero-order valence-electron chi connectivity index (χ0n) is 18.1. The number of hydrogen-bond acceptors (Lipinski definition) is 3. The third-order valence-electron chi connectivity index (χ3n) is 5.21. The molecule has 0 unspecified atom stereocenters. The van der Waals surface area contributed by atoms with Gasteiger partial charge in [0, 0.05) is 11.4 Å². The van der Waals surface area contributed by atoms with Crippen molar-refractivity contribution in [1.29, 1.82) is 0 Å².